The molecule has 26 heavy (non-hydrogen) atoms. The van der Waals surface area contributed by atoms with Gasteiger partial charge in [0.25, 0.3) is 0 Å². The Morgan fingerprint density at radius 1 is 1.15 bits per heavy atom. The summed E-state index contributed by atoms with van der Waals surface area (Å²) in [5, 5.41) is 9.75. The van der Waals surface area contributed by atoms with Crippen LogP contribution in [0.2, 0.25) is 0 Å². The lowest BCUT2D eigenvalue weighted by atomic mass is 9.78. The van der Waals surface area contributed by atoms with Crippen molar-refractivity contribution in [1.82, 2.24) is 14.9 Å². The number of rotatable bonds is 3. The first-order valence-corrected chi connectivity index (χ1v) is 10.2. The second-order valence-corrected chi connectivity index (χ2v) is 8.26. The Labute approximate surface area is 155 Å². The van der Waals surface area contributed by atoms with Crippen molar-refractivity contribution >= 4 is 11.9 Å². The van der Waals surface area contributed by atoms with E-state index in [4.69, 9.17) is 0 Å². The Hall–Kier alpha value is -1.69. The molecule has 1 aliphatic carbocycles. The SMILES string of the molecule is CCc1cnc(N2CCC[C@@]3(CCN([C@H]4CC[C@H](O)CC4)C3=O)C2)nc1. The van der Waals surface area contributed by atoms with Crippen molar-refractivity contribution in [2.24, 2.45) is 5.41 Å². The summed E-state index contributed by atoms with van der Waals surface area (Å²) in [6.07, 6.45) is 11.0. The fraction of sp³-hybridized carbons (Fsp3) is 0.750. The number of carbonyl (C=O) groups excluding carboxylic acids is 1. The summed E-state index contributed by atoms with van der Waals surface area (Å²) in [5.74, 6) is 1.09. The number of nitrogens with zero attached hydrogens (tertiary/aromatic N) is 4. The van der Waals surface area contributed by atoms with Gasteiger partial charge in [-0.2, -0.15) is 0 Å². The van der Waals surface area contributed by atoms with Gasteiger partial charge in [0.2, 0.25) is 11.9 Å². The number of carbonyl (C=O) groups is 1. The number of amides is 1. The highest BCUT2D eigenvalue weighted by Crippen LogP contribution is 2.43. The van der Waals surface area contributed by atoms with Gasteiger partial charge in [-0.3, -0.25) is 4.79 Å². The summed E-state index contributed by atoms with van der Waals surface area (Å²) in [4.78, 5) is 26.7. The van der Waals surface area contributed by atoms with Crippen molar-refractivity contribution in [3.05, 3.63) is 18.0 Å². The fourth-order valence-corrected chi connectivity index (χ4v) is 4.94. The minimum absolute atomic E-state index is 0.175. The van der Waals surface area contributed by atoms with Gasteiger partial charge in [-0.15, -0.1) is 0 Å². The van der Waals surface area contributed by atoms with Gasteiger partial charge < -0.3 is 14.9 Å². The van der Waals surface area contributed by atoms with Crippen LogP contribution >= 0.6 is 0 Å². The van der Waals surface area contributed by atoms with Crippen LogP contribution in [0.5, 0.6) is 0 Å². The number of likely N-dealkylation sites (tertiary alicyclic amines) is 1. The third-order valence-corrected chi connectivity index (χ3v) is 6.61. The Bertz CT molecular complexity index is 642. The highest BCUT2D eigenvalue weighted by atomic mass is 16.3. The number of aliphatic hydroxyl groups excluding tert-OH is 1. The lowest BCUT2D eigenvalue weighted by molar-refractivity contribution is -0.139. The third-order valence-electron chi connectivity index (χ3n) is 6.61. The highest BCUT2D eigenvalue weighted by Gasteiger charge is 2.50. The van der Waals surface area contributed by atoms with Gasteiger partial charge in [-0.05, 0) is 56.9 Å². The molecule has 1 amide bonds. The molecule has 1 atom stereocenters. The van der Waals surface area contributed by atoms with Crippen LogP contribution in [0, 0.1) is 5.41 Å². The van der Waals surface area contributed by atoms with Gasteiger partial charge in [0, 0.05) is 38.1 Å². The molecule has 1 N–H and O–H groups in total. The molecule has 1 aromatic heterocycles. The zero-order chi connectivity index (χ0) is 18.1. The highest BCUT2D eigenvalue weighted by molar-refractivity contribution is 5.86. The molecule has 2 saturated heterocycles. The van der Waals surface area contributed by atoms with Crippen LogP contribution in [0.4, 0.5) is 5.95 Å². The Kier molecular flexibility index (Phi) is 4.86. The second-order valence-electron chi connectivity index (χ2n) is 8.26. The van der Waals surface area contributed by atoms with E-state index in [1.165, 1.54) is 0 Å². The van der Waals surface area contributed by atoms with Gasteiger partial charge in [-0.1, -0.05) is 6.92 Å². The lowest BCUT2D eigenvalue weighted by Crippen LogP contribution is -2.50. The summed E-state index contributed by atoms with van der Waals surface area (Å²) in [5.41, 5.74) is 0.879. The van der Waals surface area contributed by atoms with Crippen LogP contribution in [0.25, 0.3) is 0 Å². The van der Waals surface area contributed by atoms with Crippen molar-refractivity contribution < 1.29 is 9.90 Å². The molecule has 0 radical (unpaired) electrons. The zero-order valence-corrected chi connectivity index (χ0v) is 15.7. The van der Waals surface area contributed by atoms with Crippen molar-refractivity contribution in [3.63, 3.8) is 0 Å². The molecule has 2 aliphatic heterocycles. The summed E-state index contributed by atoms with van der Waals surface area (Å²) in [6, 6.07) is 0.320. The number of aliphatic hydroxyl groups is 1. The standard InChI is InChI=1S/C20H30N4O2/c1-2-15-12-21-19(22-13-15)23-10-3-8-20(14-23)9-11-24(18(20)26)16-4-6-17(25)7-5-16/h12-13,16-17,25H,2-11,14H2,1H3/t16-,17-,20-/m1/s1. The number of hydrogen-bond donors (Lipinski definition) is 1. The van der Waals surface area contributed by atoms with E-state index in [0.717, 1.165) is 82.5 Å². The van der Waals surface area contributed by atoms with E-state index in [-0.39, 0.29) is 11.5 Å². The van der Waals surface area contributed by atoms with Crippen LogP contribution in [-0.4, -0.2) is 57.7 Å². The minimum atomic E-state index is -0.263. The average molecular weight is 358 g/mol. The molecular weight excluding hydrogens is 328 g/mol. The minimum Gasteiger partial charge on any atom is -0.393 e. The maximum absolute atomic E-state index is 13.3. The monoisotopic (exact) mass is 358 g/mol. The number of aryl methyl sites for hydroxylation is 1. The molecule has 6 heteroatoms. The number of piperidine rings is 1. The summed E-state index contributed by atoms with van der Waals surface area (Å²) < 4.78 is 0. The molecule has 142 valence electrons. The first kappa shape index (κ1) is 17.7. The molecule has 1 saturated carbocycles. The maximum Gasteiger partial charge on any atom is 0.230 e. The molecule has 6 nitrogen and oxygen atoms in total. The van der Waals surface area contributed by atoms with Gasteiger partial charge >= 0.3 is 0 Å². The van der Waals surface area contributed by atoms with Crippen molar-refractivity contribution in [3.8, 4) is 0 Å². The number of anilines is 1. The largest absolute Gasteiger partial charge is 0.393 e. The maximum atomic E-state index is 13.3. The number of hydrogen-bond acceptors (Lipinski definition) is 5. The zero-order valence-electron chi connectivity index (χ0n) is 15.7. The molecule has 1 aromatic rings. The summed E-state index contributed by atoms with van der Waals surface area (Å²) >= 11 is 0. The molecule has 1 spiro atoms. The van der Waals surface area contributed by atoms with E-state index in [1.807, 2.05) is 12.4 Å². The van der Waals surface area contributed by atoms with Gasteiger partial charge in [0.15, 0.2) is 0 Å². The molecule has 3 heterocycles. The van der Waals surface area contributed by atoms with E-state index < -0.39 is 0 Å². The Morgan fingerprint density at radius 3 is 2.58 bits per heavy atom. The van der Waals surface area contributed by atoms with E-state index in [9.17, 15) is 9.90 Å². The lowest BCUT2D eigenvalue weighted by Gasteiger charge is -2.40. The first-order chi connectivity index (χ1) is 12.6. The normalized spacial score (nSPS) is 32.5. The summed E-state index contributed by atoms with van der Waals surface area (Å²) in [7, 11) is 0. The van der Waals surface area contributed by atoms with Crippen LogP contribution in [0.1, 0.15) is 57.4 Å². The predicted octanol–water partition coefficient (Wildman–Crippen LogP) is 2.16. The molecule has 4 rings (SSSR count). The van der Waals surface area contributed by atoms with Crippen LogP contribution in [0.3, 0.4) is 0 Å². The van der Waals surface area contributed by atoms with Crippen LogP contribution in [0.15, 0.2) is 12.4 Å². The predicted molar refractivity (Wildman–Crippen MR) is 99.9 cm³/mol. The molecule has 3 aliphatic rings. The molecule has 3 fully saturated rings. The number of aromatic nitrogens is 2. The Balaban J connectivity index is 1.46. The van der Waals surface area contributed by atoms with E-state index in [0.29, 0.717) is 11.9 Å². The van der Waals surface area contributed by atoms with Crippen LogP contribution in [-0.2, 0) is 11.2 Å². The van der Waals surface area contributed by atoms with Gasteiger partial charge in [0.05, 0.1) is 11.5 Å². The fourth-order valence-electron chi connectivity index (χ4n) is 4.94. The van der Waals surface area contributed by atoms with Crippen molar-refractivity contribution in [2.45, 2.75) is 70.4 Å². The quantitative estimate of drug-likeness (QED) is 0.897. The van der Waals surface area contributed by atoms with Crippen molar-refractivity contribution in [1.29, 1.82) is 0 Å². The molecular formula is C20H30N4O2. The van der Waals surface area contributed by atoms with E-state index in [2.05, 4.69) is 26.7 Å². The van der Waals surface area contributed by atoms with Gasteiger partial charge in [0.1, 0.15) is 0 Å². The molecule has 0 bridgehead atoms. The smallest absolute Gasteiger partial charge is 0.230 e. The summed E-state index contributed by atoms with van der Waals surface area (Å²) in [6.45, 7) is 4.63. The van der Waals surface area contributed by atoms with E-state index in [1.54, 1.807) is 0 Å². The van der Waals surface area contributed by atoms with Crippen LogP contribution < -0.4 is 4.90 Å². The van der Waals surface area contributed by atoms with Crippen molar-refractivity contribution in [2.75, 3.05) is 24.5 Å². The first-order valence-electron chi connectivity index (χ1n) is 10.2. The molecule has 0 aromatic carbocycles. The third kappa shape index (κ3) is 3.20. The van der Waals surface area contributed by atoms with E-state index >= 15 is 0 Å². The second kappa shape index (κ2) is 7.14. The van der Waals surface area contributed by atoms with Gasteiger partial charge in [-0.25, -0.2) is 9.97 Å². The molecule has 0 unspecified atom stereocenters. The topological polar surface area (TPSA) is 69.6 Å². The Morgan fingerprint density at radius 2 is 1.88 bits per heavy atom. The average Bonchev–Trinajstić information content (AvgIpc) is 2.98.